The SMILES string of the molecule is NCc1ccccc1-c1cccnc1OC(=O)O. The van der Waals surface area contributed by atoms with Gasteiger partial charge < -0.3 is 15.6 Å². The quantitative estimate of drug-likeness (QED) is 0.809. The molecule has 0 spiro atoms. The van der Waals surface area contributed by atoms with Crippen LogP contribution in [0, 0.1) is 0 Å². The van der Waals surface area contributed by atoms with Crippen molar-refractivity contribution in [2.24, 2.45) is 5.73 Å². The number of benzene rings is 1. The fourth-order valence-electron chi connectivity index (χ4n) is 1.72. The molecule has 5 nitrogen and oxygen atoms in total. The highest BCUT2D eigenvalue weighted by molar-refractivity contribution is 5.74. The number of carboxylic acid groups (broad SMARTS) is 1. The number of nitrogens with zero attached hydrogens (tertiary/aromatic N) is 1. The molecule has 1 heterocycles. The Morgan fingerprint density at radius 1 is 1.22 bits per heavy atom. The Balaban J connectivity index is 2.53. The molecule has 1 aromatic heterocycles. The molecule has 2 rings (SSSR count). The molecule has 1 aromatic carbocycles. The van der Waals surface area contributed by atoms with Crippen molar-refractivity contribution in [2.45, 2.75) is 6.54 Å². The third-order valence-electron chi connectivity index (χ3n) is 2.48. The lowest BCUT2D eigenvalue weighted by Crippen LogP contribution is -2.06. The Labute approximate surface area is 104 Å². The van der Waals surface area contributed by atoms with Crippen LogP contribution in [0.15, 0.2) is 42.6 Å². The third-order valence-corrected chi connectivity index (χ3v) is 2.48. The smallest absolute Gasteiger partial charge is 0.449 e. The number of rotatable bonds is 3. The zero-order valence-corrected chi connectivity index (χ0v) is 9.54. The van der Waals surface area contributed by atoms with Gasteiger partial charge in [-0.25, -0.2) is 9.78 Å². The highest BCUT2D eigenvalue weighted by atomic mass is 16.7. The largest absolute Gasteiger partial charge is 0.512 e. The summed E-state index contributed by atoms with van der Waals surface area (Å²) in [6, 6.07) is 10.9. The summed E-state index contributed by atoms with van der Waals surface area (Å²) in [6.45, 7) is 0.359. The average Bonchev–Trinajstić information content (AvgIpc) is 2.39. The van der Waals surface area contributed by atoms with Crippen LogP contribution in [-0.2, 0) is 6.54 Å². The van der Waals surface area contributed by atoms with Gasteiger partial charge in [-0.2, -0.15) is 0 Å². The standard InChI is InChI=1S/C13H12N2O3/c14-8-9-4-1-2-5-10(9)11-6-3-7-15-12(11)18-13(16)17/h1-7H,8,14H2,(H,16,17). The maximum absolute atomic E-state index is 10.6. The Morgan fingerprint density at radius 2 is 1.94 bits per heavy atom. The van der Waals surface area contributed by atoms with Gasteiger partial charge in [0, 0.05) is 18.3 Å². The summed E-state index contributed by atoms with van der Waals surface area (Å²) in [4.78, 5) is 14.5. The molecule has 0 fully saturated rings. The van der Waals surface area contributed by atoms with Crippen molar-refractivity contribution < 1.29 is 14.6 Å². The molecule has 0 unspecified atom stereocenters. The van der Waals surface area contributed by atoms with Crippen molar-refractivity contribution >= 4 is 6.16 Å². The first-order valence-electron chi connectivity index (χ1n) is 5.36. The first kappa shape index (κ1) is 12.1. The third kappa shape index (κ3) is 2.46. The van der Waals surface area contributed by atoms with Crippen molar-refractivity contribution in [1.29, 1.82) is 0 Å². The van der Waals surface area contributed by atoms with Crippen molar-refractivity contribution in [2.75, 3.05) is 0 Å². The van der Waals surface area contributed by atoms with Gasteiger partial charge in [0.15, 0.2) is 0 Å². The average molecular weight is 244 g/mol. The molecule has 5 heteroatoms. The number of carbonyl (C=O) groups is 1. The molecule has 0 atom stereocenters. The van der Waals surface area contributed by atoms with E-state index in [0.717, 1.165) is 11.1 Å². The maximum Gasteiger partial charge on any atom is 0.512 e. The Morgan fingerprint density at radius 3 is 2.67 bits per heavy atom. The van der Waals surface area contributed by atoms with Crippen molar-refractivity contribution in [1.82, 2.24) is 4.98 Å². The second-order valence-electron chi connectivity index (χ2n) is 3.59. The molecule has 0 aliphatic rings. The van der Waals surface area contributed by atoms with Crippen LogP contribution in [-0.4, -0.2) is 16.2 Å². The zero-order chi connectivity index (χ0) is 13.0. The van der Waals surface area contributed by atoms with E-state index in [9.17, 15) is 4.79 Å². The van der Waals surface area contributed by atoms with Crippen LogP contribution >= 0.6 is 0 Å². The van der Waals surface area contributed by atoms with Gasteiger partial charge in [-0.05, 0) is 23.3 Å². The van der Waals surface area contributed by atoms with Crippen LogP contribution in [0.3, 0.4) is 0 Å². The topological polar surface area (TPSA) is 85.4 Å². The van der Waals surface area contributed by atoms with E-state index >= 15 is 0 Å². The minimum atomic E-state index is -1.39. The van der Waals surface area contributed by atoms with Gasteiger partial charge in [0.2, 0.25) is 5.88 Å². The van der Waals surface area contributed by atoms with Gasteiger partial charge in [-0.3, -0.25) is 0 Å². The second-order valence-corrected chi connectivity index (χ2v) is 3.59. The summed E-state index contributed by atoms with van der Waals surface area (Å²) in [5.74, 6) is 0.0610. The number of nitrogens with two attached hydrogens (primary N) is 1. The molecule has 3 N–H and O–H groups in total. The molecular formula is C13H12N2O3. The number of hydrogen-bond donors (Lipinski definition) is 2. The molecule has 0 aliphatic heterocycles. The molecule has 18 heavy (non-hydrogen) atoms. The Kier molecular flexibility index (Phi) is 3.54. The van der Waals surface area contributed by atoms with E-state index in [0.29, 0.717) is 12.1 Å². The highest BCUT2D eigenvalue weighted by Crippen LogP contribution is 2.30. The lowest BCUT2D eigenvalue weighted by Gasteiger charge is -2.10. The van der Waals surface area contributed by atoms with Gasteiger partial charge in [-0.1, -0.05) is 24.3 Å². The number of ether oxygens (including phenoxy) is 1. The summed E-state index contributed by atoms with van der Waals surface area (Å²) >= 11 is 0. The lowest BCUT2D eigenvalue weighted by atomic mass is 10.0. The predicted molar refractivity (Wildman–Crippen MR) is 66.2 cm³/mol. The summed E-state index contributed by atoms with van der Waals surface area (Å²) in [7, 11) is 0. The van der Waals surface area contributed by atoms with Crippen LogP contribution < -0.4 is 10.5 Å². The van der Waals surface area contributed by atoms with Gasteiger partial charge in [-0.15, -0.1) is 0 Å². The molecule has 0 radical (unpaired) electrons. The van der Waals surface area contributed by atoms with Crippen LogP contribution in [0.25, 0.3) is 11.1 Å². The molecule has 0 saturated carbocycles. The van der Waals surface area contributed by atoms with Gasteiger partial charge in [0.25, 0.3) is 0 Å². The van der Waals surface area contributed by atoms with Gasteiger partial charge in [0.05, 0.1) is 0 Å². The molecule has 2 aromatic rings. The molecule has 0 amide bonds. The number of pyridine rings is 1. The van der Waals surface area contributed by atoms with Gasteiger partial charge in [0.1, 0.15) is 0 Å². The van der Waals surface area contributed by atoms with E-state index in [1.165, 1.54) is 6.20 Å². The number of hydrogen-bond acceptors (Lipinski definition) is 4. The number of aromatic nitrogens is 1. The van der Waals surface area contributed by atoms with Gasteiger partial charge >= 0.3 is 6.16 Å². The highest BCUT2D eigenvalue weighted by Gasteiger charge is 2.12. The van der Waals surface area contributed by atoms with E-state index in [4.69, 9.17) is 10.8 Å². The fraction of sp³-hybridized carbons (Fsp3) is 0.0769. The molecule has 0 bridgehead atoms. The van der Waals surface area contributed by atoms with Crippen LogP contribution in [0.4, 0.5) is 4.79 Å². The minimum absolute atomic E-state index is 0.0610. The van der Waals surface area contributed by atoms with Crippen molar-refractivity contribution in [3.8, 4) is 17.0 Å². The van der Waals surface area contributed by atoms with E-state index in [1.54, 1.807) is 12.1 Å². The zero-order valence-electron chi connectivity index (χ0n) is 9.54. The lowest BCUT2D eigenvalue weighted by molar-refractivity contribution is 0.143. The second kappa shape index (κ2) is 5.29. The fourth-order valence-corrected chi connectivity index (χ4v) is 1.72. The first-order chi connectivity index (χ1) is 8.72. The molecule has 0 aliphatic carbocycles. The molecular weight excluding hydrogens is 232 g/mol. The molecule has 92 valence electrons. The van der Waals surface area contributed by atoms with E-state index < -0.39 is 6.16 Å². The maximum atomic E-state index is 10.6. The van der Waals surface area contributed by atoms with E-state index in [-0.39, 0.29) is 5.88 Å². The van der Waals surface area contributed by atoms with Crippen LogP contribution in [0.2, 0.25) is 0 Å². The van der Waals surface area contributed by atoms with E-state index in [2.05, 4.69) is 9.72 Å². The van der Waals surface area contributed by atoms with Crippen molar-refractivity contribution in [3.05, 3.63) is 48.2 Å². The summed E-state index contributed by atoms with van der Waals surface area (Å²) < 4.78 is 4.66. The Hall–Kier alpha value is -2.40. The molecule has 0 saturated heterocycles. The van der Waals surface area contributed by atoms with Crippen molar-refractivity contribution in [3.63, 3.8) is 0 Å². The van der Waals surface area contributed by atoms with Crippen LogP contribution in [0.1, 0.15) is 5.56 Å². The van der Waals surface area contributed by atoms with Crippen LogP contribution in [0.5, 0.6) is 5.88 Å². The minimum Gasteiger partial charge on any atom is -0.449 e. The summed E-state index contributed by atoms with van der Waals surface area (Å²) in [6.07, 6.45) is 0.0903. The summed E-state index contributed by atoms with van der Waals surface area (Å²) in [5.41, 5.74) is 8.00. The predicted octanol–water partition coefficient (Wildman–Crippen LogP) is 2.26. The summed E-state index contributed by atoms with van der Waals surface area (Å²) in [5, 5.41) is 8.68. The monoisotopic (exact) mass is 244 g/mol. The first-order valence-corrected chi connectivity index (χ1v) is 5.36. The normalized spacial score (nSPS) is 10.1. The Bertz CT molecular complexity index is 570. The van der Waals surface area contributed by atoms with E-state index in [1.807, 2.05) is 24.3 Å².